The Morgan fingerprint density at radius 2 is 1.13 bits per heavy atom. The Labute approximate surface area is 351 Å². The van der Waals surface area contributed by atoms with Gasteiger partial charge in [-0.3, -0.25) is 0 Å². The molecule has 7 aromatic carbocycles. The van der Waals surface area contributed by atoms with E-state index in [0.717, 1.165) is 80.0 Å². The highest BCUT2D eigenvalue weighted by molar-refractivity contribution is 6.00. The van der Waals surface area contributed by atoms with Crippen molar-refractivity contribution in [2.24, 2.45) is 29.1 Å². The summed E-state index contributed by atoms with van der Waals surface area (Å²) >= 11 is 0. The van der Waals surface area contributed by atoms with Crippen LogP contribution in [-0.4, -0.2) is 4.98 Å². The average molecular weight is 771 g/mol. The summed E-state index contributed by atoms with van der Waals surface area (Å²) in [6.07, 6.45) is 5.65. The van der Waals surface area contributed by atoms with Gasteiger partial charge in [0.15, 0.2) is 11.5 Å². The minimum Gasteiger partial charge on any atom is -0.452 e. The van der Waals surface area contributed by atoms with Gasteiger partial charge in [-0.2, -0.15) is 0 Å². The van der Waals surface area contributed by atoms with Gasteiger partial charge in [-0.25, -0.2) is 4.98 Å². The van der Waals surface area contributed by atoms with Crippen LogP contribution in [-0.2, 0) is 5.41 Å². The first kappa shape index (κ1) is 33.2. The second-order valence-electron chi connectivity index (χ2n) is 18.3. The highest BCUT2D eigenvalue weighted by Crippen LogP contribution is 2.88. The molecule has 2 heterocycles. The number of rotatable bonds is 5. The summed E-state index contributed by atoms with van der Waals surface area (Å²) in [7, 11) is 0. The molecular weight excluding hydrogens is 729 g/mol. The van der Waals surface area contributed by atoms with Crippen LogP contribution in [0.25, 0.3) is 55.9 Å². The number of anilines is 3. The molecule has 286 valence electrons. The summed E-state index contributed by atoms with van der Waals surface area (Å²) in [5.41, 5.74) is 18.4. The summed E-state index contributed by atoms with van der Waals surface area (Å²) in [6.45, 7) is 0. The summed E-state index contributed by atoms with van der Waals surface area (Å²) < 4.78 is 7.21. The second-order valence-corrected chi connectivity index (χ2v) is 18.3. The van der Waals surface area contributed by atoms with E-state index in [1.807, 2.05) is 0 Å². The zero-order chi connectivity index (χ0) is 39.2. The van der Waals surface area contributed by atoms with E-state index >= 15 is 0 Å². The minimum atomic E-state index is 0.0900. The van der Waals surface area contributed by atoms with Gasteiger partial charge in [-0.1, -0.05) is 133 Å². The van der Waals surface area contributed by atoms with E-state index in [-0.39, 0.29) is 5.41 Å². The van der Waals surface area contributed by atoms with E-state index in [9.17, 15) is 0 Å². The predicted molar refractivity (Wildman–Crippen MR) is 242 cm³/mol. The summed E-state index contributed by atoms with van der Waals surface area (Å²) in [5, 5.41) is 0. The molecule has 60 heavy (non-hydrogen) atoms. The topological polar surface area (TPSA) is 25.4 Å². The molecule has 4 saturated carbocycles. The Bertz CT molecular complexity index is 3010. The quantitative estimate of drug-likeness (QED) is 0.174. The van der Waals surface area contributed by atoms with Crippen LogP contribution in [0.1, 0.15) is 36.8 Å². The van der Waals surface area contributed by atoms with Gasteiger partial charge in [0.1, 0.15) is 0 Å². The fourth-order valence-electron chi connectivity index (χ4n) is 13.8. The molecule has 4 fully saturated rings. The SMILES string of the molecule is c1ccc(-c2cc(-c3ccccc3)nc(-c3cc(-c4cccc5c4-c4ccccc4C54C5CC6CC7CC4C67C5)c4c(c3)N(c3ccccc3)c3ccccc3O4)c2)cc1. The van der Waals surface area contributed by atoms with Crippen LogP contribution in [0.4, 0.5) is 17.1 Å². The van der Waals surface area contributed by atoms with E-state index in [2.05, 4.69) is 187 Å². The lowest BCUT2D eigenvalue weighted by Crippen LogP contribution is -2.65. The standard InChI is InChI=1S/C57H42N2O/c1-4-15-35(16-5-1)37-28-48(36-17-6-2-7-18-36)58-49(29-37)38-27-45(55-51(30-38)59(42-19-8-3-9-20-42)50-25-12-13-26-52(50)60-55)43-22-14-24-47-54(43)44-21-10-11-23-46(44)57(47)41-32-39-31-40-33-53(57)56(39,40)34-41/h1-30,39-41,53H,31-34H2. The number of para-hydroxylation sites is 3. The van der Waals surface area contributed by atoms with Gasteiger partial charge < -0.3 is 9.64 Å². The van der Waals surface area contributed by atoms with E-state index in [4.69, 9.17) is 9.72 Å². The Morgan fingerprint density at radius 1 is 0.483 bits per heavy atom. The molecule has 6 aliphatic rings. The van der Waals surface area contributed by atoms with Crippen molar-refractivity contribution in [1.29, 1.82) is 0 Å². The fraction of sp³-hybridized carbons (Fsp3) is 0.175. The molecular formula is C57H42N2O. The smallest absolute Gasteiger partial charge is 0.159 e. The molecule has 1 aromatic heterocycles. The lowest BCUT2D eigenvalue weighted by molar-refractivity contribution is -0.193. The van der Waals surface area contributed by atoms with Crippen molar-refractivity contribution in [3.8, 4) is 67.4 Å². The first-order valence-electron chi connectivity index (χ1n) is 21.9. The molecule has 0 N–H and O–H groups in total. The molecule has 0 saturated heterocycles. The van der Waals surface area contributed by atoms with E-state index in [1.165, 1.54) is 47.9 Å². The van der Waals surface area contributed by atoms with Crippen molar-refractivity contribution >= 4 is 17.1 Å². The minimum absolute atomic E-state index is 0.0900. The van der Waals surface area contributed by atoms with Crippen molar-refractivity contribution in [2.45, 2.75) is 31.1 Å². The predicted octanol–water partition coefficient (Wildman–Crippen LogP) is 14.7. The fourth-order valence-corrected chi connectivity index (χ4v) is 13.8. The van der Waals surface area contributed by atoms with Gasteiger partial charge in [0.2, 0.25) is 0 Å². The van der Waals surface area contributed by atoms with Gasteiger partial charge in [-0.05, 0) is 142 Å². The molecule has 8 aromatic rings. The largest absolute Gasteiger partial charge is 0.452 e. The summed E-state index contributed by atoms with van der Waals surface area (Å²) in [5.74, 6) is 5.06. The molecule has 0 amide bonds. The number of benzene rings is 7. The van der Waals surface area contributed by atoms with Crippen molar-refractivity contribution in [1.82, 2.24) is 4.98 Å². The number of pyridine rings is 1. The second kappa shape index (κ2) is 11.9. The number of ether oxygens (including phenoxy) is 1. The number of hydrogen-bond donors (Lipinski definition) is 0. The highest BCUT2D eigenvalue weighted by Gasteiger charge is 2.82. The van der Waals surface area contributed by atoms with Crippen molar-refractivity contribution in [3.05, 3.63) is 193 Å². The Hall–Kier alpha value is -6.71. The molecule has 2 bridgehead atoms. The average Bonchev–Trinajstić information content (AvgIpc) is 3.92. The van der Waals surface area contributed by atoms with Crippen LogP contribution in [0.15, 0.2) is 182 Å². The third-order valence-electron chi connectivity index (χ3n) is 16.0. The normalized spacial score (nSPS) is 25.3. The van der Waals surface area contributed by atoms with Crippen molar-refractivity contribution in [2.75, 3.05) is 4.90 Å². The lowest BCUT2D eigenvalue weighted by Gasteiger charge is -2.70. The molecule has 14 rings (SSSR count). The van der Waals surface area contributed by atoms with E-state index in [1.54, 1.807) is 11.1 Å². The van der Waals surface area contributed by atoms with Crippen LogP contribution in [0, 0.1) is 29.1 Å². The summed E-state index contributed by atoms with van der Waals surface area (Å²) in [6, 6.07) is 66.4. The maximum absolute atomic E-state index is 7.21. The maximum Gasteiger partial charge on any atom is 0.159 e. The van der Waals surface area contributed by atoms with E-state index in [0.29, 0.717) is 11.3 Å². The Balaban J connectivity index is 1.05. The lowest BCUT2D eigenvalue weighted by atomic mass is 9.34. The molecule has 6 unspecified atom stereocenters. The third kappa shape index (κ3) is 4.17. The third-order valence-corrected chi connectivity index (χ3v) is 16.0. The van der Waals surface area contributed by atoms with Gasteiger partial charge in [-0.15, -0.1) is 0 Å². The van der Waals surface area contributed by atoms with Crippen LogP contribution in [0.2, 0.25) is 0 Å². The maximum atomic E-state index is 7.21. The Kier molecular flexibility index (Phi) is 6.60. The molecule has 5 aliphatic carbocycles. The van der Waals surface area contributed by atoms with Gasteiger partial charge in [0, 0.05) is 27.8 Å². The van der Waals surface area contributed by atoms with Crippen LogP contribution >= 0.6 is 0 Å². The molecule has 6 atom stereocenters. The first-order chi connectivity index (χ1) is 29.7. The Morgan fingerprint density at radius 3 is 1.93 bits per heavy atom. The zero-order valence-electron chi connectivity index (χ0n) is 33.3. The van der Waals surface area contributed by atoms with Crippen molar-refractivity contribution < 1.29 is 4.74 Å². The highest BCUT2D eigenvalue weighted by atomic mass is 16.5. The zero-order valence-corrected chi connectivity index (χ0v) is 33.3. The first-order valence-corrected chi connectivity index (χ1v) is 21.9. The molecule has 3 heteroatoms. The van der Waals surface area contributed by atoms with Gasteiger partial charge >= 0.3 is 0 Å². The molecule has 1 aliphatic heterocycles. The van der Waals surface area contributed by atoms with Gasteiger partial charge in [0.25, 0.3) is 0 Å². The van der Waals surface area contributed by atoms with E-state index < -0.39 is 0 Å². The number of fused-ring (bicyclic) bond motifs is 10. The molecule has 0 radical (unpaired) electrons. The van der Waals surface area contributed by atoms with Gasteiger partial charge in [0.05, 0.1) is 22.8 Å². The van der Waals surface area contributed by atoms with Crippen LogP contribution < -0.4 is 9.64 Å². The number of aromatic nitrogens is 1. The molecule has 2 spiro atoms. The number of hydrogen-bond acceptors (Lipinski definition) is 3. The number of nitrogens with zero attached hydrogens (tertiary/aromatic N) is 2. The van der Waals surface area contributed by atoms with Crippen LogP contribution in [0.3, 0.4) is 0 Å². The van der Waals surface area contributed by atoms with Crippen LogP contribution in [0.5, 0.6) is 11.5 Å². The molecule has 3 nitrogen and oxygen atoms in total. The monoisotopic (exact) mass is 770 g/mol. The summed E-state index contributed by atoms with van der Waals surface area (Å²) in [4.78, 5) is 7.88. The van der Waals surface area contributed by atoms with Crippen molar-refractivity contribution in [3.63, 3.8) is 0 Å².